The van der Waals surface area contributed by atoms with Crippen molar-refractivity contribution in [2.45, 2.75) is 26.3 Å². The van der Waals surface area contributed by atoms with Crippen LogP contribution in [0.4, 0.5) is 0 Å². The Hall–Kier alpha value is -2.04. The molecule has 0 aromatic heterocycles. The van der Waals surface area contributed by atoms with Crippen LogP contribution in [0, 0.1) is 5.92 Å². The van der Waals surface area contributed by atoms with Crippen LogP contribution < -0.4 is 10.6 Å². The van der Waals surface area contributed by atoms with Crippen molar-refractivity contribution in [3.63, 3.8) is 0 Å². The van der Waals surface area contributed by atoms with Crippen LogP contribution >= 0.6 is 0 Å². The summed E-state index contributed by atoms with van der Waals surface area (Å²) in [6, 6.07) is 7.42. The van der Waals surface area contributed by atoms with Gasteiger partial charge in [0, 0.05) is 20.1 Å². The Bertz CT molecular complexity index is 493. The quantitative estimate of drug-likeness (QED) is 0.477. The van der Waals surface area contributed by atoms with Crippen LogP contribution in [0.25, 0.3) is 0 Å². The van der Waals surface area contributed by atoms with Gasteiger partial charge in [-0.3, -0.25) is 4.99 Å². The second-order valence-electron chi connectivity index (χ2n) is 5.17. The first kappa shape index (κ1) is 15.4. The number of nitrogens with one attached hydrogen (secondary N) is 2. The summed E-state index contributed by atoms with van der Waals surface area (Å²) in [6.45, 7) is 3.86. The molecule has 0 saturated heterocycles. The van der Waals surface area contributed by atoms with E-state index < -0.39 is 0 Å². The van der Waals surface area contributed by atoms with Crippen molar-refractivity contribution >= 4 is 11.9 Å². The summed E-state index contributed by atoms with van der Waals surface area (Å²) < 4.78 is 4.96. The van der Waals surface area contributed by atoms with Gasteiger partial charge in [0.1, 0.15) is 0 Å². The zero-order valence-electron chi connectivity index (χ0n) is 12.7. The van der Waals surface area contributed by atoms with Crippen molar-refractivity contribution in [2.75, 3.05) is 20.2 Å². The van der Waals surface area contributed by atoms with Crippen LogP contribution in [0.1, 0.15) is 35.7 Å². The van der Waals surface area contributed by atoms with Gasteiger partial charge < -0.3 is 15.4 Å². The van der Waals surface area contributed by atoms with E-state index in [1.807, 2.05) is 12.1 Å². The molecule has 21 heavy (non-hydrogen) atoms. The maximum Gasteiger partial charge on any atom is 0.338 e. The van der Waals surface area contributed by atoms with E-state index in [4.69, 9.17) is 4.74 Å². The number of esters is 1. The molecule has 1 aromatic rings. The van der Waals surface area contributed by atoms with Crippen LogP contribution in [-0.2, 0) is 11.3 Å². The molecule has 2 rings (SSSR count). The van der Waals surface area contributed by atoms with Gasteiger partial charge >= 0.3 is 5.97 Å². The highest BCUT2D eigenvalue weighted by Gasteiger charge is 2.20. The normalized spacial score (nSPS) is 14.7. The SMILES string of the molecule is CCOC(=O)c1ccc(CNC(=NC)NCC2CC2)cc1. The monoisotopic (exact) mass is 289 g/mol. The van der Waals surface area contributed by atoms with Crippen molar-refractivity contribution < 1.29 is 9.53 Å². The van der Waals surface area contributed by atoms with Gasteiger partial charge in [0.15, 0.2) is 5.96 Å². The number of guanidine groups is 1. The third-order valence-corrected chi connectivity index (χ3v) is 3.40. The van der Waals surface area contributed by atoms with Gasteiger partial charge in [-0.15, -0.1) is 0 Å². The van der Waals surface area contributed by atoms with Crippen LogP contribution in [0.3, 0.4) is 0 Å². The molecule has 1 aliphatic carbocycles. The van der Waals surface area contributed by atoms with Crippen molar-refractivity contribution in [2.24, 2.45) is 10.9 Å². The van der Waals surface area contributed by atoms with Gasteiger partial charge in [-0.05, 0) is 43.4 Å². The predicted octanol–water partition coefficient (Wildman–Crippen LogP) is 1.94. The Balaban J connectivity index is 1.80. The molecule has 0 spiro atoms. The molecule has 2 N–H and O–H groups in total. The number of carbonyl (C=O) groups is 1. The van der Waals surface area contributed by atoms with E-state index in [2.05, 4.69) is 15.6 Å². The van der Waals surface area contributed by atoms with Crippen LogP contribution in [0.2, 0.25) is 0 Å². The summed E-state index contributed by atoms with van der Waals surface area (Å²) in [5.74, 6) is 1.35. The molecule has 1 aliphatic rings. The molecule has 0 amide bonds. The van der Waals surface area contributed by atoms with Gasteiger partial charge in [-0.1, -0.05) is 12.1 Å². The molecule has 0 aliphatic heterocycles. The molecule has 0 radical (unpaired) electrons. The molecule has 1 aromatic carbocycles. The number of rotatable bonds is 6. The third-order valence-electron chi connectivity index (χ3n) is 3.40. The van der Waals surface area contributed by atoms with Crippen LogP contribution in [0.15, 0.2) is 29.3 Å². The predicted molar refractivity (Wildman–Crippen MR) is 83.3 cm³/mol. The molecule has 114 valence electrons. The second-order valence-corrected chi connectivity index (χ2v) is 5.17. The molecule has 5 heteroatoms. The Morgan fingerprint density at radius 1 is 1.29 bits per heavy atom. The largest absolute Gasteiger partial charge is 0.462 e. The summed E-state index contributed by atoms with van der Waals surface area (Å²) in [7, 11) is 1.77. The van der Waals surface area contributed by atoms with Gasteiger partial charge in [-0.2, -0.15) is 0 Å². The number of hydrogen-bond acceptors (Lipinski definition) is 3. The molecular formula is C16H23N3O2. The number of carbonyl (C=O) groups excluding carboxylic acids is 1. The summed E-state index contributed by atoms with van der Waals surface area (Å²) in [4.78, 5) is 15.7. The fourth-order valence-electron chi connectivity index (χ4n) is 1.94. The first-order valence-corrected chi connectivity index (χ1v) is 7.43. The Labute approximate surface area is 125 Å². The van der Waals surface area contributed by atoms with E-state index in [1.54, 1.807) is 26.1 Å². The van der Waals surface area contributed by atoms with E-state index in [0.717, 1.165) is 24.0 Å². The van der Waals surface area contributed by atoms with Crippen molar-refractivity contribution in [3.8, 4) is 0 Å². The summed E-state index contributed by atoms with van der Waals surface area (Å²) in [6.07, 6.45) is 2.64. The molecule has 5 nitrogen and oxygen atoms in total. The minimum absolute atomic E-state index is 0.279. The molecule has 1 fully saturated rings. The lowest BCUT2D eigenvalue weighted by Gasteiger charge is -2.11. The lowest BCUT2D eigenvalue weighted by Crippen LogP contribution is -2.37. The molecule has 0 atom stereocenters. The fraction of sp³-hybridized carbons (Fsp3) is 0.500. The lowest BCUT2D eigenvalue weighted by atomic mass is 10.1. The van der Waals surface area contributed by atoms with E-state index in [0.29, 0.717) is 18.7 Å². The van der Waals surface area contributed by atoms with Gasteiger partial charge in [0.2, 0.25) is 0 Å². The lowest BCUT2D eigenvalue weighted by molar-refractivity contribution is 0.0526. The maximum atomic E-state index is 11.6. The van der Waals surface area contributed by atoms with Crippen LogP contribution in [-0.4, -0.2) is 32.1 Å². The first-order valence-electron chi connectivity index (χ1n) is 7.43. The smallest absolute Gasteiger partial charge is 0.338 e. The van der Waals surface area contributed by atoms with Gasteiger partial charge in [-0.25, -0.2) is 4.79 Å². The highest BCUT2D eigenvalue weighted by molar-refractivity contribution is 5.89. The average Bonchev–Trinajstić information content (AvgIpc) is 3.32. The number of nitrogens with zero attached hydrogens (tertiary/aromatic N) is 1. The zero-order valence-corrected chi connectivity index (χ0v) is 12.7. The van der Waals surface area contributed by atoms with Crippen molar-refractivity contribution in [1.82, 2.24) is 10.6 Å². The summed E-state index contributed by atoms with van der Waals surface area (Å²) >= 11 is 0. The van der Waals surface area contributed by atoms with Crippen molar-refractivity contribution in [3.05, 3.63) is 35.4 Å². The van der Waals surface area contributed by atoms with E-state index in [1.165, 1.54) is 12.8 Å². The Kier molecular flexibility index (Phi) is 5.60. The topological polar surface area (TPSA) is 62.7 Å². The van der Waals surface area contributed by atoms with E-state index in [9.17, 15) is 4.79 Å². The van der Waals surface area contributed by atoms with Gasteiger partial charge in [0.25, 0.3) is 0 Å². The maximum absolute atomic E-state index is 11.6. The highest BCUT2D eigenvalue weighted by atomic mass is 16.5. The number of hydrogen-bond donors (Lipinski definition) is 2. The van der Waals surface area contributed by atoms with E-state index in [-0.39, 0.29) is 5.97 Å². The zero-order chi connectivity index (χ0) is 15.1. The molecule has 1 saturated carbocycles. The van der Waals surface area contributed by atoms with E-state index >= 15 is 0 Å². The molecule has 0 heterocycles. The summed E-state index contributed by atoms with van der Waals surface area (Å²) in [5, 5.41) is 6.58. The third kappa shape index (κ3) is 5.10. The fourth-order valence-corrected chi connectivity index (χ4v) is 1.94. The van der Waals surface area contributed by atoms with Crippen molar-refractivity contribution in [1.29, 1.82) is 0 Å². The number of benzene rings is 1. The Morgan fingerprint density at radius 3 is 2.57 bits per heavy atom. The minimum atomic E-state index is -0.279. The highest BCUT2D eigenvalue weighted by Crippen LogP contribution is 2.27. The van der Waals surface area contributed by atoms with Crippen LogP contribution in [0.5, 0.6) is 0 Å². The molecule has 0 bridgehead atoms. The average molecular weight is 289 g/mol. The standard InChI is InChI=1S/C16H23N3O2/c1-3-21-15(20)14-8-6-13(7-9-14)11-19-16(17-2)18-10-12-4-5-12/h6-9,12H,3-5,10-11H2,1-2H3,(H2,17,18,19). The number of aliphatic imine (C=N–C) groups is 1. The molecular weight excluding hydrogens is 266 g/mol. The molecule has 0 unspecified atom stereocenters. The number of ether oxygens (including phenoxy) is 1. The second kappa shape index (κ2) is 7.67. The minimum Gasteiger partial charge on any atom is -0.462 e. The Morgan fingerprint density at radius 2 is 2.00 bits per heavy atom. The van der Waals surface area contributed by atoms with Gasteiger partial charge in [0.05, 0.1) is 12.2 Å². The first-order chi connectivity index (χ1) is 10.2. The summed E-state index contributed by atoms with van der Waals surface area (Å²) in [5.41, 5.74) is 1.68.